The molecule has 44 heavy (non-hydrogen) atoms. The van der Waals surface area contributed by atoms with Crippen molar-refractivity contribution < 1.29 is 38.1 Å². The lowest BCUT2D eigenvalue weighted by Crippen LogP contribution is -2.67. The van der Waals surface area contributed by atoms with Gasteiger partial charge >= 0.3 is 23.9 Å². The number of carbonyl (C=O) groups is 4. The fraction of sp³-hybridized carbons (Fsp3) is 0.833. The third-order valence-electron chi connectivity index (χ3n) is 14.2. The second-order valence-corrected chi connectivity index (χ2v) is 16.5. The van der Waals surface area contributed by atoms with Crippen LogP contribution in [0.15, 0.2) is 11.6 Å². The molecule has 0 aliphatic heterocycles. The summed E-state index contributed by atoms with van der Waals surface area (Å²) in [4.78, 5) is 51.2. The molecule has 0 radical (unpaired) electrons. The molecule has 4 fully saturated rings. The Morgan fingerprint density at radius 2 is 1.36 bits per heavy atom. The lowest BCUT2D eigenvalue weighted by molar-refractivity contribution is -0.244. The van der Waals surface area contributed by atoms with E-state index >= 15 is 0 Å². The highest BCUT2D eigenvalue weighted by Gasteiger charge is 2.71. The van der Waals surface area contributed by atoms with Crippen molar-refractivity contribution in [2.75, 3.05) is 14.2 Å². The summed E-state index contributed by atoms with van der Waals surface area (Å²) in [5.41, 5.74) is -0.834. The number of methoxy groups -OCH3 is 2. The SMILES string of the molecule is COC(=O)[C@@]1(C)CC[C@]2(C(=O)OC)CC[C@]3(C)C(=CC[C@H]4[C@@]5(C)C[C@H](OC(C)=O)[C@H](OC(C)=O)C(C)(C)[C@H]5CC[C@]43C)[C@@H]2C1. The second-order valence-electron chi connectivity index (χ2n) is 16.5. The van der Waals surface area contributed by atoms with Crippen molar-refractivity contribution in [1.82, 2.24) is 0 Å². The molecule has 0 N–H and O–H groups in total. The van der Waals surface area contributed by atoms with Crippen molar-refractivity contribution >= 4 is 23.9 Å². The minimum Gasteiger partial charge on any atom is -0.469 e. The van der Waals surface area contributed by atoms with E-state index in [4.69, 9.17) is 18.9 Å². The number of fused-ring (bicyclic) bond motifs is 7. The van der Waals surface area contributed by atoms with E-state index in [0.29, 0.717) is 31.6 Å². The van der Waals surface area contributed by atoms with Crippen LogP contribution in [0.1, 0.15) is 113 Å². The standard InChI is InChI=1S/C36H54O8/c1-21(37)43-25-20-33(6)26(31(3,4)28(25)44-22(2)38)13-14-35(8)27(33)12-11-23-24-19-32(5,29(39)41-9)15-17-36(24,30(40)42-10)18-16-34(23,35)7/h11,24-28H,12-20H2,1-10H3/t24-,25-,26+,27-,28-,32-,33-,34+,35+,36-/m0/s1. The molecule has 8 nitrogen and oxygen atoms in total. The Morgan fingerprint density at radius 1 is 0.750 bits per heavy atom. The van der Waals surface area contributed by atoms with E-state index < -0.39 is 28.5 Å². The Hall–Kier alpha value is -2.38. The first-order valence-corrected chi connectivity index (χ1v) is 16.6. The summed E-state index contributed by atoms with van der Waals surface area (Å²) >= 11 is 0. The molecule has 0 aromatic heterocycles. The van der Waals surface area contributed by atoms with Crippen molar-refractivity contribution in [3.63, 3.8) is 0 Å². The van der Waals surface area contributed by atoms with E-state index in [1.807, 2.05) is 6.92 Å². The van der Waals surface area contributed by atoms with Crippen molar-refractivity contribution in [2.24, 2.45) is 50.2 Å². The number of carbonyl (C=O) groups excluding carboxylic acids is 4. The van der Waals surface area contributed by atoms with Crippen LogP contribution in [0.3, 0.4) is 0 Å². The zero-order chi connectivity index (χ0) is 32.7. The van der Waals surface area contributed by atoms with Gasteiger partial charge in [-0.05, 0) is 98.7 Å². The van der Waals surface area contributed by atoms with Crippen molar-refractivity contribution in [3.8, 4) is 0 Å². The van der Waals surface area contributed by atoms with Crippen LogP contribution in [0.2, 0.25) is 0 Å². The van der Waals surface area contributed by atoms with Crippen LogP contribution in [-0.4, -0.2) is 50.3 Å². The normalized spacial score (nSPS) is 45.6. The molecule has 8 heteroatoms. The third-order valence-corrected chi connectivity index (χ3v) is 14.2. The van der Waals surface area contributed by atoms with Gasteiger partial charge in [-0.15, -0.1) is 0 Å². The van der Waals surface area contributed by atoms with E-state index in [2.05, 4.69) is 40.7 Å². The molecule has 0 unspecified atom stereocenters. The summed E-state index contributed by atoms with van der Waals surface area (Å²) in [5.74, 6) is -0.629. The molecular weight excluding hydrogens is 560 g/mol. The van der Waals surface area contributed by atoms with Crippen LogP contribution in [0, 0.1) is 50.2 Å². The molecule has 0 aromatic rings. The lowest BCUT2D eigenvalue weighted by Gasteiger charge is -2.71. The average molecular weight is 615 g/mol. The van der Waals surface area contributed by atoms with Gasteiger partial charge < -0.3 is 18.9 Å². The molecule has 4 saturated carbocycles. The summed E-state index contributed by atoms with van der Waals surface area (Å²) < 4.78 is 22.6. The van der Waals surface area contributed by atoms with Gasteiger partial charge in [-0.3, -0.25) is 19.2 Å². The van der Waals surface area contributed by atoms with E-state index in [-0.39, 0.29) is 52.0 Å². The minimum absolute atomic E-state index is 0.0884. The largest absolute Gasteiger partial charge is 0.469 e. The Bertz CT molecular complexity index is 1270. The predicted octanol–water partition coefficient (Wildman–Crippen LogP) is 6.59. The number of hydrogen-bond donors (Lipinski definition) is 0. The number of allylic oxidation sites excluding steroid dienone is 2. The number of rotatable bonds is 4. The van der Waals surface area contributed by atoms with Gasteiger partial charge in [0.25, 0.3) is 0 Å². The van der Waals surface area contributed by atoms with Crippen molar-refractivity contribution in [3.05, 3.63) is 11.6 Å². The van der Waals surface area contributed by atoms with Gasteiger partial charge in [0.05, 0.1) is 25.0 Å². The molecule has 0 bridgehead atoms. The second kappa shape index (κ2) is 10.6. The minimum atomic E-state index is -0.659. The van der Waals surface area contributed by atoms with Crippen LogP contribution < -0.4 is 0 Å². The number of ether oxygens (including phenoxy) is 4. The molecule has 5 aliphatic rings. The van der Waals surface area contributed by atoms with Gasteiger partial charge in [-0.1, -0.05) is 46.3 Å². The topological polar surface area (TPSA) is 105 Å². The maximum atomic E-state index is 13.6. The van der Waals surface area contributed by atoms with Gasteiger partial charge in [0.15, 0.2) is 0 Å². The van der Waals surface area contributed by atoms with E-state index in [1.54, 1.807) is 0 Å². The van der Waals surface area contributed by atoms with Gasteiger partial charge in [0.2, 0.25) is 0 Å². The highest BCUT2D eigenvalue weighted by molar-refractivity contribution is 5.81. The summed E-state index contributed by atoms with van der Waals surface area (Å²) in [5, 5.41) is 0. The molecule has 10 atom stereocenters. The summed E-state index contributed by atoms with van der Waals surface area (Å²) in [6.07, 6.45) is 8.22. The maximum Gasteiger partial charge on any atom is 0.312 e. The number of hydrogen-bond acceptors (Lipinski definition) is 8. The number of esters is 4. The van der Waals surface area contributed by atoms with Crippen LogP contribution in [0.4, 0.5) is 0 Å². The molecule has 0 spiro atoms. The van der Waals surface area contributed by atoms with E-state index in [0.717, 1.165) is 32.1 Å². The van der Waals surface area contributed by atoms with Crippen LogP contribution in [0.5, 0.6) is 0 Å². The Morgan fingerprint density at radius 3 is 1.95 bits per heavy atom. The smallest absolute Gasteiger partial charge is 0.312 e. The first-order chi connectivity index (χ1) is 20.4. The quantitative estimate of drug-likeness (QED) is 0.199. The van der Waals surface area contributed by atoms with Crippen molar-refractivity contribution in [1.29, 1.82) is 0 Å². The first kappa shape index (κ1) is 33.0. The Balaban J connectivity index is 1.60. The first-order valence-electron chi connectivity index (χ1n) is 16.6. The summed E-state index contributed by atoms with van der Waals surface area (Å²) in [7, 11) is 2.93. The zero-order valence-electron chi connectivity index (χ0n) is 28.6. The third kappa shape index (κ3) is 4.42. The predicted molar refractivity (Wildman–Crippen MR) is 164 cm³/mol. The highest BCUT2D eigenvalue weighted by Crippen LogP contribution is 2.76. The Labute approximate surface area is 263 Å². The zero-order valence-corrected chi connectivity index (χ0v) is 28.6. The van der Waals surface area contributed by atoms with E-state index in [1.165, 1.54) is 33.6 Å². The van der Waals surface area contributed by atoms with E-state index in [9.17, 15) is 19.2 Å². The van der Waals surface area contributed by atoms with Gasteiger partial charge in [-0.2, -0.15) is 0 Å². The Kier molecular flexibility index (Phi) is 7.94. The average Bonchev–Trinajstić information content (AvgIpc) is 2.94. The van der Waals surface area contributed by atoms with Crippen LogP contribution in [0.25, 0.3) is 0 Å². The van der Waals surface area contributed by atoms with Gasteiger partial charge in [-0.25, -0.2) is 0 Å². The van der Waals surface area contributed by atoms with Gasteiger partial charge in [0.1, 0.15) is 12.2 Å². The summed E-state index contributed by atoms with van der Waals surface area (Å²) in [6.45, 7) is 16.4. The molecule has 0 heterocycles. The molecular formula is C36H54O8. The molecule has 5 aliphatic carbocycles. The van der Waals surface area contributed by atoms with Crippen molar-refractivity contribution in [2.45, 2.75) is 125 Å². The van der Waals surface area contributed by atoms with Crippen LogP contribution >= 0.6 is 0 Å². The molecule has 0 amide bonds. The summed E-state index contributed by atoms with van der Waals surface area (Å²) in [6, 6.07) is 0. The molecule has 0 saturated heterocycles. The van der Waals surface area contributed by atoms with Gasteiger partial charge in [0, 0.05) is 19.3 Å². The van der Waals surface area contributed by atoms with Crippen LogP contribution in [-0.2, 0) is 38.1 Å². The highest BCUT2D eigenvalue weighted by atomic mass is 16.6. The lowest BCUT2D eigenvalue weighted by atomic mass is 9.33. The molecule has 5 rings (SSSR count). The monoisotopic (exact) mass is 614 g/mol. The molecule has 0 aromatic carbocycles. The fourth-order valence-corrected chi connectivity index (χ4v) is 11.9. The fourth-order valence-electron chi connectivity index (χ4n) is 11.9. The maximum absolute atomic E-state index is 13.6. The molecule has 246 valence electrons.